The van der Waals surface area contributed by atoms with Crippen molar-refractivity contribution in [2.75, 3.05) is 13.2 Å². The summed E-state index contributed by atoms with van der Waals surface area (Å²) >= 11 is 5.22. The third-order valence-corrected chi connectivity index (χ3v) is 12.2. The van der Waals surface area contributed by atoms with Crippen molar-refractivity contribution in [3.8, 4) is 39.3 Å². The van der Waals surface area contributed by atoms with Gasteiger partial charge < -0.3 is 4.74 Å². The second-order valence-electron chi connectivity index (χ2n) is 18.3. The highest BCUT2D eigenvalue weighted by Gasteiger charge is 2.16. The smallest absolute Gasteiger partial charge is 0.279 e. The van der Waals surface area contributed by atoms with Crippen molar-refractivity contribution in [1.29, 1.82) is 0 Å². The molecule has 8 aromatic rings. The standard InChI is InChI=1S/C30H27N3.C14H19NO2.C13H16N2.C8H7ClO/c1-3-10-29-31-30(25-17-15-22(2)16-18-25)32-33(29)28-20-26(23-11-6-4-7-12-23)19-27(21-28)24-13-8-5-9-14-24;1-4-6-13(17-5-2)15-14(16)12-9-7-11(3)8-10-12;1-3-4-12-9-14-13(15-12)11-7-5-10(2)6-8-11;1-6-2-4-7(5-3-6)8(9)10/h4-9,11-21H,3,10H2,1-2H3;7-10H,4-6H2,1-3H3;5-8H,3-4,9H2,1-2H3;2-5H,1H3. The highest BCUT2D eigenvalue weighted by molar-refractivity contribution is 6.67. The average Bonchev–Trinajstić information content (AvgIpc) is 4.08. The maximum atomic E-state index is 11.8. The number of carbonyl (C=O) groups excluding carboxylic acids is 2. The molecule has 0 bridgehead atoms. The molecule has 0 saturated heterocycles. The molecule has 384 valence electrons. The number of hydrogen-bond donors (Lipinski definition) is 0. The molecule has 0 N–H and O–H groups in total. The Hall–Kier alpha value is -7.88. The van der Waals surface area contributed by atoms with Crippen LogP contribution < -0.4 is 0 Å². The normalized spacial score (nSPS) is 11.7. The van der Waals surface area contributed by atoms with Crippen LogP contribution in [0.5, 0.6) is 0 Å². The molecular formula is C65H69ClN6O3. The summed E-state index contributed by atoms with van der Waals surface area (Å²) in [6.07, 6.45) is 5.71. The first kappa shape index (κ1) is 56.4. The average molecular weight is 1020 g/mol. The van der Waals surface area contributed by atoms with Crippen LogP contribution in [0.4, 0.5) is 0 Å². The number of ether oxygens (including phenoxy) is 1. The number of aryl methyl sites for hydroxylation is 5. The van der Waals surface area contributed by atoms with Crippen LogP contribution in [0.1, 0.15) is 114 Å². The third-order valence-electron chi connectivity index (χ3n) is 11.9. The maximum Gasteiger partial charge on any atom is 0.279 e. The summed E-state index contributed by atoms with van der Waals surface area (Å²) in [6.45, 7) is 17.7. The Balaban J connectivity index is 0.000000182. The quantitative estimate of drug-likeness (QED) is 0.0612. The van der Waals surface area contributed by atoms with Crippen LogP contribution in [0, 0.1) is 27.7 Å². The lowest BCUT2D eigenvalue weighted by molar-refractivity contribution is 0.0997. The number of aromatic nitrogens is 3. The molecule has 75 heavy (non-hydrogen) atoms. The fraction of sp³-hybridized carbons (Fsp3) is 0.246. The third kappa shape index (κ3) is 17.4. The molecule has 1 amide bonds. The van der Waals surface area contributed by atoms with E-state index < -0.39 is 5.24 Å². The van der Waals surface area contributed by atoms with Crippen LogP contribution >= 0.6 is 11.6 Å². The van der Waals surface area contributed by atoms with E-state index in [9.17, 15) is 9.59 Å². The predicted molar refractivity (Wildman–Crippen MR) is 312 cm³/mol. The monoisotopic (exact) mass is 1020 g/mol. The molecule has 0 unspecified atom stereocenters. The molecule has 0 saturated carbocycles. The zero-order valence-electron chi connectivity index (χ0n) is 44.7. The summed E-state index contributed by atoms with van der Waals surface area (Å²) in [5, 5.41) is 4.57. The summed E-state index contributed by atoms with van der Waals surface area (Å²) in [5.41, 5.74) is 15.0. The second kappa shape index (κ2) is 29.1. The molecule has 0 radical (unpaired) electrons. The van der Waals surface area contributed by atoms with E-state index >= 15 is 0 Å². The Bertz CT molecular complexity index is 3100. The lowest BCUT2D eigenvalue weighted by Crippen LogP contribution is -2.08. The van der Waals surface area contributed by atoms with E-state index in [4.69, 9.17) is 26.4 Å². The molecular weight excluding hydrogens is 948 g/mol. The van der Waals surface area contributed by atoms with Gasteiger partial charge in [-0.25, -0.2) is 14.7 Å². The minimum absolute atomic E-state index is 0.234. The largest absolute Gasteiger partial charge is 0.481 e. The molecule has 1 aromatic heterocycles. The molecule has 9 rings (SSSR count). The first-order valence-electron chi connectivity index (χ1n) is 25.9. The van der Waals surface area contributed by atoms with Gasteiger partial charge in [0, 0.05) is 40.8 Å². The number of carbonyl (C=O) groups is 2. The molecule has 9 nitrogen and oxygen atoms in total. The SMILES string of the molecule is CCCC(=NC(=O)c1ccc(C)cc1)OCC.CCCC1=NC(c2ccc(C)cc2)=NC1.CCCc1nc(-c2ccc(C)cc2)nn1-c1cc(-c2ccccc2)cc(-c2ccccc2)c1.Cc1ccc(C(=O)Cl)cc1. The number of hydrogen-bond acceptors (Lipinski definition) is 7. The number of amidine groups is 1. The van der Waals surface area contributed by atoms with Crippen molar-refractivity contribution in [3.05, 3.63) is 221 Å². The van der Waals surface area contributed by atoms with E-state index in [0.717, 1.165) is 84.1 Å². The molecule has 0 fully saturated rings. The number of amides is 1. The summed E-state index contributed by atoms with van der Waals surface area (Å²) < 4.78 is 7.35. The fourth-order valence-corrected chi connectivity index (χ4v) is 7.98. The van der Waals surface area contributed by atoms with Crippen LogP contribution in [0.25, 0.3) is 39.3 Å². The van der Waals surface area contributed by atoms with E-state index in [2.05, 4.69) is 170 Å². The van der Waals surface area contributed by atoms with Gasteiger partial charge in [-0.15, -0.1) is 5.10 Å². The summed E-state index contributed by atoms with van der Waals surface area (Å²) in [5.74, 6) is 2.95. The van der Waals surface area contributed by atoms with E-state index in [1.807, 2.05) is 56.6 Å². The van der Waals surface area contributed by atoms with Crippen LogP contribution in [-0.2, 0) is 11.2 Å². The van der Waals surface area contributed by atoms with Crippen LogP contribution in [0.15, 0.2) is 191 Å². The minimum Gasteiger partial charge on any atom is -0.481 e. The van der Waals surface area contributed by atoms with Crippen LogP contribution in [-0.4, -0.2) is 56.5 Å². The Labute approximate surface area is 449 Å². The molecule has 1 aliphatic rings. The van der Waals surface area contributed by atoms with Gasteiger partial charge in [0.15, 0.2) is 17.6 Å². The molecule has 0 atom stereocenters. The number of rotatable bonds is 14. The Morgan fingerprint density at radius 3 is 1.53 bits per heavy atom. The van der Waals surface area contributed by atoms with Gasteiger partial charge in [-0.1, -0.05) is 183 Å². The van der Waals surface area contributed by atoms with Crippen LogP contribution in [0.2, 0.25) is 0 Å². The zero-order valence-corrected chi connectivity index (χ0v) is 45.4. The summed E-state index contributed by atoms with van der Waals surface area (Å²) in [7, 11) is 0. The molecule has 0 aliphatic carbocycles. The lowest BCUT2D eigenvalue weighted by atomic mass is 9.98. The maximum absolute atomic E-state index is 11.8. The molecule has 1 aliphatic heterocycles. The van der Waals surface area contributed by atoms with Crippen molar-refractivity contribution in [3.63, 3.8) is 0 Å². The number of benzene rings is 7. The molecule has 2 heterocycles. The van der Waals surface area contributed by atoms with Crippen molar-refractivity contribution >= 4 is 40.2 Å². The Kier molecular flexibility index (Phi) is 21.9. The molecule has 10 heteroatoms. The van der Waals surface area contributed by atoms with E-state index in [0.29, 0.717) is 30.1 Å². The topological polar surface area (TPSA) is 111 Å². The van der Waals surface area contributed by atoms with Crippen molar-refractivity contribution in [2.45, 2.75) is 93.9 Å². The van der Waals surface area contributed by atoms with Gasteiger partial charge in [-0.05, 0) is 130 Å². The first-order chi connectivity index (χ1) is 36.4. The number of halogens is 1. The van der Waals surface area contributed by atoms with E-state index in [-0.39, 0.29) is 5.91 Å². The zero-order chi connectivity index (χ0) is 53.5. The molecule has 7 aromatic carbocycles. The highest BCUT2D eigenvalue weighted by Crippen LogP contribution is 2.31. The van der Waals surface area contributed by atoms with Crippen molar-refractivity contribution in [1.82, 2.24) is 14.8 Å². The fourth-order valence-electron chi connectivity index (χ4n) is 7.86. The number of aliphatic imine (C=N–C) groups is 3. The van der Waals surface area contributed by atoms with Gasteiger partial charge in [0.2, 0.25) is 0 Å². The van der Waals surface area contributed by atoms with E-state index in [1.54, 1.807) is 24.3 Å². The van der Waals surface area contributed by atoms with Gasteiger partial charge >= 0.3 is 0 Å². The predicted octanol–water partition coefficient (Wildman–Crippen LogP) is 16.3. The van der Waals surface area contributed by atoms with Crippen molar-refractivity contribution < 1.29 is 14.3 Å². The number of nitrogens with zero attached hydrogens (tertiary/aromatic N) is 6. The molecule has 0 spiro atoms. The van der Waals surface area contributed by atoms with Gasteiger partial charge in [0.1, 0.15) is 5.82 Å². The van der Waals surface area contributed by atoms with Gasteiger partial charge in [0.05, 0.1) is 18.8 Å². The Morgan fingerprint density at radius 1 is 0.560 bits per heavy atom. The van der Waals surface area contributed by atoms with Crippen molar-refractivity contribution in [2.24, 2.45) is 15.0 Å². The second-order valence-corrected chi connectivity index (χ2v) is 18.7. The first-order valence-corrected chi connectivity index (χ1v) is 26.3. The van der Waals surface area contributed by atoms with Gasteiger partial charge in [-0.2, -0.15) is 4.99 Å². The minimum atomic E-state index is -0.403. The summed E-state index contributed by atoms with van der Waals surface area (Å²) in [4.78, 5) is 40.3. The van der Waals surface area contributed by atoms with E-state index in [1.165, 1.54) is 39.1 Å². The highest BCUT2D eigenvalue weighted by atomic mass is 35.5. The van der Waals surface area contributed by atoms with Gasteiger partial charge in [0.25, 0.3) is 11.1 Å². The van der Waals surface area contributed by atoms with Crippen LogP contribution in [0.3, 0.4) is 0 Å². The van der Waals surface area contributed by atoms with Gasteiger partial charge in [-0.3, -0.25) is 14.6 Å². The summed E-state index contributed by atoms with van der Waals surface area (Å²) in [6, 6.07) is 59.1. The Morgan fingerprint density at radius 2 is 1.05 bits per heavy atom. The lowest BCUT2D eigenvalue weighted by Gasteiger charge is -2.12.